The van der Waals surface area contributed by atoms with Crippen LogP contribution >= 0.6 is 0 Å². The highest BCUT2D eigenvalue weighted by Crippen LogP contribution is 2.52. The summed E-state index contributed by atoms with van der Waals surface area (Å²) >= 11 is 0. The fraction of sp³-hybridized carbons (Fsp3) is 0.0667. The molecular weight excluding hydrogens is 396 g/mol. The van der Waals surface area contributed by atoms with Crippen molar-refractivity contribution in [2.75, 3.05) is 0 Å². The summed E-state index contributed by atoms with van der Waals surface area (Å²) in [7, 11) is 0. The van der Waals surface area contributed by atoms with E-state index in [-0.39, 0.29) is 0 Å². The van der Waals surface area contributed by atoms with Crippen LogP contribution in [0, 0.1) is 34.9 Å². The molecule has 1 unspecified atom stereocenters. The Labute approximate surface area is 142 Å². The van der Waals surface area contributed by atoms with Gasteiger partial charge in [-0.05, 0) is 0 Å². The van der Waals surface area contributed by atoms with Crippen LogP contribution < -0.4 is 0 Å². The van der Waals surface area contributed by atoms with Crippen molar-refractivity contribution in [2.24, 2.45) is 0 Å². The van der Waals surface area contributed by atoms with Crippen LogP contribution in [0.5, 0.6) is 0 Å². The first kappa shape index (κ1) is 18.6. The van der Waals surface area contributed by atoms with Gasteiger partial charge in [0.15, 0.2) is 35.3 Å². The number of carboxylic acid groups (broad SMARTS) is 1. The third kappa shape index (κ3) is 2.22. The fourth-order valence-electron chi connectivity index (χ4n) is 2.90. The van der Waals surface area contributed by atoms with Crippen molar-refractivity contribution in [1.29, 1.82) is 0 Å². The molecule has 142 valence electrons. The van der Waals surface area contributed by atoms with Gasteiger partial charge >= 0.3 is 11.9 Å². The topological polar surface area (TPSA) is 63.6 Å². The predicted molar refractivity (Wildman–Crippen MR) is 68.1 cm³/mol. The molecule has 3 rings (SSSR count). The molecule has 2 aromatic rings. The average Bonchev–Trinajstić information content (AvgIpc) is 2.91. The van der Waals surface area contributed by atoms with Crippen molar-refractivity contribution >= 4 is 11.9 Å². The van der Waals surface area contributed by atoms with Crippen LogP contribution in [0.2, 0.25) is 0 Å². The summed E-state index contributed by atoms with van der Waals surface area (Å²) in [5, 5.41) is 9.00. The Morgan fingerprint density at radius 1 is 0.741 bits per heavy atom. The Morgan fingerprint density at radius 2 is 1.22 bits per heavy atom. The molecule has 0 radical (unpaired) electrons. The van der Waals surface area contributed by atoms with E-state index in [1.165, 1.54) is 0 Å². The Hall–Kier alpha value is -3.18. The van der Waals surface area contributed by atoms with Gasteiger partial charge in [-0.1, -0.05) is 0 Å². The van der Waals surface area contributed by atoms with Gasteiger partial charge in [0.1, 0.15) is 16.9 Å². The van der Waals surface area contributed by atoms with E-state index >= 15 is 0 Å². The molecule has 0 spiro atoms. The fourth-order valence-corrected chi connectivity index (χ4v) is 2.90. The summed E-state index contributed by atoms with van der Waals surface area (Å²) < 4.78 is 110. The van der Waals surface area contributed by atoms with Gasteiger partial charge in [0.2, 0.25) is 0 Å². The lowest BCUT2D eigenvalue weighted by Gasteiger charge is -2.11. The molecule has 0 saturated carbocycles. The van der Waals surface area contributed by atoms with E-state index in [0.717, 1.165) is 0 Å². The third-order valence-electron chi connectivity index (χ3n) is 3.96. The lowest BCUT2D eigenvalue weighted by atomic mass is 9.95. The molecular formula is C15H2F8O4. The van der Waals surface area contributed by atoms with Crippen LogP contribution in [0.4, 0.5) is 35.3 Å². The number of carboxylic acids is 1. The molecule has 1 aliphatic carbocycles. The Morgan fingerprint density at radius 3 is 1.74 bits per heavy atom. The van der Waals surface area contributed by atoms with Crippen LogP contribution in [0.15, 0.2) is 0 Å². The summed E-state index contributed by atoms with van der Waals surface area (Å²) in [5.74, 6) is -18.9. The molecule has 0 aliphatic heterocycles. The lowest BCUT2D eigenvalue weighted by Crippen LogP contribution is -2.13. The molecule has 0 saturated heterocycles. The molecule has 0 heterocycles. The van der Waals surface area contributed by atoms with Gasteiger partial charge in [0.05, 0.1) is 0 Å². The maximum atomic E-state index is 14.5. The summed E-state index contributed by atoms with van der Waals surface area (Å²) in [6, 6.07) is 0. The highest BCUT2D eigenvalue weighted by atomic mass is 19.3. The first-order chi connectivity index (χ1) is 12.6. The maximum absolute atomic E-state index is 14.5. The second-order valence-corrected chi connectivity index (χ2v) is 5.24. The molecule has 27 heavy (non-hydrogen) atoms. The van der Waals surface area contributed by atoms with E-state index in [2.05, 4.69) is 4.94 Å². The van der Waals surface area contributed by atoms with E-state index < -0.39 is 86.4 Å². The first-order valence-electron chi connectivity index (χ1n) is 6.67. The van der Waals surface area contributed by atoms with Crippen molar-refractivity contribution in [3.63, 3.8) is 0 Å². The minimum Gasteiger partial charge on any atom is -0.478 e. The summed E-state index contributed by atoms with van der Waals surface area (Å²) in [4.78, 5) is 24.9. The largest absolute Gasteiger partial charge is 0.478 e. The minimum atomic E-state index is -3.15. The second-order valence-electron chi connectivity index (χ2n) is 5.24. The van der Waals surface area contributed by atoms with E-state index in [9.17, 15) is 44.8 Å². The van der Waals surface area contributed by atoms with Crippen LogP contribution in [-0.2, 0) is 4.94 Å². The van der Waals surface area contributed by atoms with Crippen molar-refractivity contribution < 1.29 is 54.9 Å². The predicted octanol–water partition coefficient (Wildman–Crippen LogP) is 4.30. The Balaban J connectivity index is 2.59. The van der Waals surface area contributed by atoms with E-state index in [1.807, 2.05) is 0 Å². The number of benzene rings is 2. The summed E-state index contributed by atoms with van der Waals surface area (Å²) in [5.41, 5.74) is -10.2. The first-order valence-corrected chi connectivity index (χ1v) is 6.67. The monoisotopic (exact) mass is 398 g/mol. The molecule has 1 aliphatic rings. The minimum absolute atomic E-state index is 1.49. The number of rotatable bonds is 2. The Bertz CT molecular complexity index is 1050. The highest BCUT2D eigenvalue weighted by Gasteiger charge is 2.46. The number of halogens is 8. The SMILES string of the molecule is O=C(OF)c1c(F)c(F)c2c(c1F)-c1c(C(=O)O)c(F)c(F)c(F)c1C2F. The van der Waals surface area contributed by atoms with Crippen molar-refractivity contribution in [3.05, 3.63) is 57.2 Å². The van der Waals surface area contributed by atoms with Crippen LogP contribution in [0.1, 0.15) is 38.0 Å². The van der Waals surface area contributed by atoms with Crippen LogP contribution in [0.3, 0.4) is 0 Å². The molecule has 12 heteroatoms. The van der Waals surface area contributed by atoms with E-state index in [0.29, 0.717) is 0 Å². The molecule has 0 fully saturated rings. The molecule has 1 atom stereocenters. The molecule has 4 nitrogen and oxygen atoms in total. The summed E-state index contributed by atoms with van der Waals surface area (Å²) in [6.45, 7) is 0. The zero-order valence-electron chi connectivity index (χ0n) is 12.3. The zero-order valence-corrected chi connectivity index (χ0v) is 12.3. The number of alkyl halides is 1. The number of hydrogen-bond acceptors (Lipinski definition) is 3. The van der Waals surface area contributed by atoms with Gasteiger partial charge in [-0.25, -0.2) is 45.3 Å². The standard InChI is InChI=1S/C15H2F8O4/c16-7-2-1-3(10(19)13(22)11(20)5(1)14(24)25)8(17)4(2)9(18)12(21)6(7)15(26)27-23/h8H,(H,24,25). The third-order valence-corrected chi connectivity index (χ3v) is 3.96. The van der Waals surface area contributed by atoms with Gasteiger partial charge < -0.3 is 5.11 Å². The lowest BCUT2D eigenvalue weighted by molar-refractivity contribution is -0.0796. The van der Waals surface area contributed by atoms with Crippen LogP contribution in [-0.4, -0.2) is 17.0 Å². The molecule has 0 aromatic heterocycles. The van der Waals surface area contributed by atoms with Crippen molar-refractivity contribution in [1.82, 2.24) is 0 Å². The number of carbonyl (C=O) groups is 2. The van der Waals surface area contributed by atoms with Gasteiger partial charge in [-0.3, -0.25) is 0 Å². The number of aromatic carboxylic acids is 1. The average molecular weight is 398 g/mol. The molecule has 0 bridgehead atoms. The molecule has 1 N–H and O–H groups in total. The number of hydrogen-bond donors (Lipinski definition) is 1. The van der Waals surface area contributed by atoms with Crippen molar-refractivity contribution in [3.8, 4) is 11.1 Å². The van der Waals surface area contributed by atoms with Gasteiger partial charge in [0.25, 0.3) is 0 Å². The zero-order chi connectivity index (χ0) is 20.4. The Kier molecular flexibility index (Phi) is 4.08. The van der Waals surface area contributed by atoms with E-state index in [4.69, 9.17) is 5.11 Å². The maximum Gasteiger partial charge on any atom is 0.385 e. The highest BCUT2D eigenvalue weighted by molar-refractivity contribution is 6.02. The number of carbonyl (C=O) groups excluding carboxylic acids is 1. The van der Waals surface area contributed by atoms with Gasteiger partial charge in [-0.2, -0.15) is 0 Å². The van der Waals surface area contributed by atoms with Crippen molar-refractivity contribution in [2.45, 2.75) is 6.17 Å². The van der Waals surface area contributed by atoms with E-state index in [1.54, 1.807) is 0 Å². The van der Waals surface area contributed by atoms with Crippen LogP contribution in [0.25, 0.3) is 11.1 Å². The normalized spacial score (nSPS) is 14.7. The smallest absolute Gasteiger partial charge is 0.385 e. The molecule has 0 amide bonds. The van der Waals surface area contributed by atoms with Gasteiger partial charge in [-0.15, -0.1) is 0 Å². The molecule has 2 aromatic carbocycles. The summed E-state index contributed by atoms with van der Waals surface area (Å²) in [6.07, 6.45) is -3.15. The second kappa shape index (κ2) is 5.93. The quantitative estimate of drug-likeness (QED) is 0.466. The number of fused-ring (bicyclic) bond motifs is 3. The van der Waals surface area contributed by atoms with Gasteiger partial charge in [0, 0.05) is 26.8 Å².